The van der Waals surface area contributed by atoms with Crippen molar-refractivity contribution in [2.45, 2.75) is 36.6 Å². The molecule has 0 bridgehead atoms. The number of amides is 2. The summed E-state index contributed by atoms with van der Waals surface area (Å²) in [5.74, 6) is -1.01. The highest BCUT2D eigenvalue weighted by Crippen LogP contribution is 2.33. The first-order chi connectivity index (χ1) is 15.4. The zero-order valence-corrected chi connectivity index (χ0v) is 18.2. The second kappa shape index (κ2) is 9.31. The van der Waals surface area contributed by atoms with Crippen molar-refractivity contribution in [1.29, 1.82) is 0 Å². The number of nitrogens with zero attached hydrogens (tertiary/aromatic N) is 4. The molecule has 2 N–H and O–H groups in total. The van der Waals surface area contributed by atoms with Crippen LogP contribution in [0, 0.1) is 18.6 Å². The van der Waals surface area contributed by atoms with Crippen molar-refractivity contribution in [1.82, 2.24) is 19.6 Å². The van der Waals surface area contributed by atoms with Gasteiger partial charge in [0.15, 0.2) is 0 Å². The van der Waals surface area contributed by atoms with E-state index in [0.717, 1.165) is 40.1 Å². The molecule has 0 atom stereocenters. The van der Waals surface area contributed by atoms with Gasteiger partial charge in [-0.1, -0.05) is 25.1 Å². The quantitative estimate of drug-likeness (QED) is 0.378. The summed E-state index contributed by atoms with van der Waals surface area (Å²) >= 11 is 1.54. The number of halogens is 2. The largest absolute Gasteiger partial charge is 0.323 e. The third kappa shape index (κ3) is 4.70. The third-order valence-electron chi connectivity index (χ3n) is 4.69. The van der Waals surface area contributed by atoms with E-state index in [4.69, 9.17) is 0 Å². The normalized spacial score (nSPS) is 11.0. The topological polar surface area (TPSA) is 84.2 Å². The second-order valence-electron chi connectivity index (χ2n) is 7.03. The summed E-state index contributed by atoms with van der Waals surface area (Å²) in [6.45, 7) is 4.09. The van der Waals surface area contributed by atoms with Crippen molar-refractivity contribution in [2.24, 2.45) is 0 Å². The average molecular weight is 455 g/mol. The number of benzene rings is 2. The van der Waals surface area contributed by atoms with Gasteiger partial charge < -0.3 is 10.6 Å². The Morgan fingerprint density at radius 3 is 2.62 bits per heavy atom. The average Bonchev–Trinajstić information content (AvgIpc) is 3.22. The molecule has 164 valence electrons. The van der Waals surface area contributed by atoms with Crippen LogP contribution in [0.4, 0.5) is 25.0 Å². The number of carbonyl (C=O) groups excluding carboxylic acids is 1. The molecule has 10 heteroatoms. The van der Waals surface area contributed by atoms with Gasteiger partial charge in [-0.2, -0.15) is 14.6 Å². The summed E-state index contributed by atoms with van der Waals surface area (Å²) < 4.78 is 28.4. The molecule has 0 saturated carbocycles. The molecule has 0 aliphatic rings. The summed E-state index contributed by atoms with van der Waals surface area (Å²) in [5.41, 5.74) is 2.47. The van der Waals surface area contributed by atoms with Crippen molar-refractivity contribution >= 4 is 34.9 Å². The first-order valence-corrected chi connectivity index (χ1v) is 10.8. The van der Waals surface area contributed by atoms with Gasteiger partial charge in [-0.15, -0.1) is 0 Å². The minimum absolute atomic E-state index is 0.107. The summed E-state index contributed by atoms with van der Waals surface area (Å²) in [6, 6.07) is 9.55. The molecule has 0 aliphatic carbocycles. The molecular formula is C22H20F2N6OS. The summed E-state index contributed by atoms with van der Waals surface area (Å²) in [6.07, 6.45) is 3.33. The Balaban J connectivity index is 1.49. The first kappa shape index (κ1) is 21.7. The monoisotopic (exact) mass is 454 g/mol. The van der Waals surface area contributed by atoms with E-state index in [1.165, 1.54) is 12.4 Å². The van der Waals surface area contributed by atoms with Crippen LogP contribution in [0.15, 0.2) is 58.7 Å². The van der Waals surface area contributed by atoms with Gasteiger partial charge in [0.05, 0.1) is 5.69 Å². The molecule has 0 aliphatic heterocycles. The molecular weight excluding hydrogens is 434 g/mol. The van der Waals surface area contributed by atoms with Gasteiger partial charge in [0.25, 0.3) is 5.78 Å². The lowest BCUT2D eigenvalue weighted by Gasteiger charge is -2.13. The molecule has 7 nitrogen and oxygen atoms in total. The fourth-order valence-corrected chi connectivity index (χ4v) is 4.27. The Bertz CT molecular complexity index is 1280. The molecule has 2 heterocycles. The van der Waals surface area contributed by atoms with Crippen molar-refractivity contribution in [3.63, 3.8) is 0 Å². The molecule has 0 spiro atoms. The predicted molar refractivity (Wildman–Crippen MR) is 119 cm³/mol. The smallest absolute Gasteiger partial charge is 0.308 e. The van der Waals surface area contributed by atoms with Gasteiger partial charge in [-0.05, 0) is 49.7 Å². The van der Waals surface area contributed by atoms with Crippen LogP contribution in [0.5, 0.6) is 0 Å². The first-order valence-electron chi connectivity index (χ1n) is 9.94. The van der Waals surface area contributed by atoms with Gasteiger partial charge in [0.2, 0.25) is 0 Å². The number of aryl methyl sites for hydroxylation is 1. The van der Waals surface area contributed by atoms with Gasteiger partial charge in [-0.25, -0.2) is 18.6 Å². The Hall–Kier alpha value is -3.53. The summed E-state index contributed by atoms with van der Waals surface area (Å²) in [7, 11) is 0. The third-order valence-corrected chi connectivity index (χ3v) is 5.81. The number of fused-ring (bicyclic) bond motifs is 1. The predicted octanol–water partition coefficient (Wildman–Crippen LogP) is 5.46. The van der Waals surface area contributed by atoms with Gasteiger partial charge >= 0.3 is 6.03 Å². The molecule has 0 radical (unpaired) electrons. The van der Waals surface area contributed by atoms with E-state index in [-0.39, 0.29) is 5.69 Å². The summed E-state index contributed by atoms with van der Waals surface area (Å²) in [5, 5.41) is 10.3. The minimum Gasteiger partial charge on any atom is -0.308 e. The highest BCUT2D eigenvalue weighted by Gasteiger charge is 2.15. The van der Waals surface area contributed by atoms with Crippen LogP contribution in [0.25, 0.3) is 5.78 Å². The van der Waals surface area contributed by atoms with Crippen molar-refractivity contribution in [3.8, 4) is 0 Å². The number of rotatable bonds is 6. The fourth-order valence-electron chi connectivity index (χ4n) is 3.19. The van der Waals surface area contributed by atoms with E-state index in [9.17, 15) is 13.6 Å². The molecule has 2 amide bonds. The van der Waals surface area contributed by atoms with Crippen LogP contribution in [0.1, 0.15) is 24.6 Å². The zero-order chi connectivity index (χ0) is 22.7. The van der Waals surface area contributed by atoms with Crippen molar-refractivity contribution in [2.75, 3.05) is 10.6 Å². The van der Waals surface area contributed by atoms with E-state index in [0.29, 0.717) is 17.5 Å². The van der Waals surface area contributed by atoms with E-state index in [1.54, 1.807) is 28.4 Å². The van der Waals surface area contributed by atoms with E-state index in [2.05, 4.69) is 32.6 Å². The Morgan fingerprint density at radius 2 is 1.91 bits per heavy atom. The van der Waals surface area contributed by atoms with Crippen molar-refractivity contribution < 1.29 is 13.6 Å². The molecule has 4 rings (SSSR count). The number of urea groups is 1. The van der Waals surface area contributed by atoms with Crippen LogP contribution in [-0.2, 0) is 6.42 Å². The molecule has 0 saturated heterocycles. The fraction of sp³-hybridized carbons (Fsp3) is 0.182. The Morgan fingerprint density at radius 1 is 1.12 bits per heavy atom. The minimum atomic E-state index is -0.846. The van der Waals surface area contributed by atoms with Gasteiger partial charge in [0.1, 0.15) is 23.0 Å². The highest BCUT2D eigenvalue weighted by molar-refractivity contribution is 7.99. The number of aromatic nitrogens is 4. The van der Waals surface area contributed by atoms with Crippen LogP contribution < -0.4 is 10.6 Å². The number of carbonyl (C=O) groups is 1. The molecule has 2 aromatic carbocycles. The maximum absolute atomic E-state index is 13.7. The summed E-state index contributed by atoms with van der Waals surface area (Å²) in [4.78, 5) is 21.8. The maximum Gasteiger partial charge on any atom is 0.323 e. The van der Waals surface area contributed by atoms with Crippen molar-refractivity contribution in [3.05, 3.63) is 71.7 Å². The number of hydrogen-bond acceptors (Lipinski definition) is 5. The standard InChI is InChI=1S/C22H20F2N6OS/c1-3-4-17-13(2)27-21-25-12-26-30(21)20(17)32-16-8-6-15(7-9-16)28-22(31)29-19-10-5-14(23)11-18(19)24/h5-12H,3-4H2,1-2H3,(H2,28,29,31). The number of anilines is 2. The van der Waals surface area contributed by atoms with Crippen LogP contribution >= 0.6 is 11.8 Å². The lowest BCUT2D eigenvalue weighted by Crippen LogP contribution is -2.20. The van der Waals surface area contributed by atoms with Gasteiger partial charge in [0, 0.05) is 27.9 Å². The van der Waals surface area contributed by atoms with E-state index < -0.39 is 17.7 Å². The second-order valence-corrected chi connectivity index (χ2v) is 8.09. The molecule has 4 aromatic rings. The highest BCUT2D eigenvalue weighted by atomic mass is 32.2. The number of hydrogen-bond donors (Lipinski definition) is 2. The maximum atomic E-state index is 13.7. The van der Waals surface area contributed by atoms with E-state index in [1.807, 2.05) is 19.1 Å². The lowest BCUT2D eigenvalue weighted by atomic mass is 10.1. The molecule has 0 fully saturated rings. The Labute approximate surface area is 187 Å². The Kier molecular flexibility index (Phi) is 6.31. The van der Waals surface area contributed by atoms with Crippen LogP contribution in [-0.4, -0.2) is 25.6 Å². The molecule has 0 unspecified atom stereocenters. The molecule has 2 aromatic heterocycles. The van der Waals surface area contributed by atoms with Crippen LogP contribution in [0.2, 0.25) is 0 Å². The van der Waals surface area contributed by atoms with E-state index >= 15 is 0 Å². The lowest BCUT2D eigenvalue weighted by molar-refractivity contribution is 0.262. The SMILES string of the molecule is CCCc1c(C)nc2ncnn2c1Sc1ccc(NC(=O)Nc2ccc(F)cc2F)cc1. The molecule has 32 heavy (non-hydrogen) atoms. The van der Waals surface area contributed by atoms with Gasteiger partial charge in [-0.3, -0.25) is 0 Å². The van der Waals surface area contributed by atoms with Crippen LogP contribution in [0.3, 0.4) is 0 Å². The zero-order valence-electron chi connectivity index (χ0n) is 17.4. The number of nitrogens with one attached hydrogen (secondary N) is 2.